The Morgan fingerprint density at radius 2 is 2.00 bits per heavy atom. The molecule has 2 atom stereocenters. The van der Waals surface area contributed by atoms with Gasteiger partial charge in [0.05, 0.1) is 23.6 Å². The number of amides is 2. The van der Waals surface area contributed by atoms with Crippen LogP contribution in [-0.2, 0) is 9.59 Å². The van der Waals surface area contributed by atoms with Gasteiger partial charge in [0.25, 0.3) is 0 Å². The van der Waals surface area contributed by atoms with Gasteiger partial charge < -0.3 is 9.80 Å². The predicted octanol–water partition coefficient (Wildman–Crippen LogP) is 1.05. The van der Waals surface area contributed by atoms with Gasteiger partial charge in [0.15, 0.2) is 0 Å². The van der Waals surface area contributed by atoms with Crippen LogP contribution in [0.5, 0.6) is 0 Å². The highest BCUT2D eigenvalue weighted by Crippen LogP contribution is 2.35. The molecule has 16 heavy (non-hydrogen) atoms. The Bertz CT molecular complexity index is 372. The first-order chi connectivity index (χ1) is 7.75. The molecule has 0 aromatic carbocycles. The molecule has 0 aromatic rings. The van der Waals surface area contributed by atoms with E-state index in [1.807, 2.05) is 28.3 Å². The van der Waals surface area contributed by atoms with Crippen LogP contribution in [0.25, 0.3) is 0 Å². The molecule has 4 heterocycles. The summed E-state index contributed by atoms with van der Waals surface area (Å²) in [7, 11) is 0. The molecular formula is C10H12N2O2S2. The van der Waals surface area contributed by atoms with Gasteiger partial charge in [0.1, 0.15) is 0 Å². The number of carbonyl (C=O) groups is 2. The molecule has 0 spiro atoms. The summed E-state index contributed by atoms with van der Waals surface area (Å²) in [4.78, 5) is 24.9. The monoisotopic (exact) mass is 256 g/mol. The number of hydrogen-bond acceptors (Lipinski definition) is 4. The van der Waals surface area contributed by atoms with Gasteiger partial charge in [0.2, 0.25) is 11.8 Å². The first-order valence-corrected chi connectivity index (χ1v) is 7.29. The van der Waals surface area contributed by atoms with E-state index >= 15 is 0 Å². The predicted molar refractivity (Wildman–Crippen MR) is 64.6 cm³/mol. The molecule has 0 aromatic heterocycles. The van der Waals surface area contributed by atoms with E-state index in [1.165, 1.54) is 0 Å². The molecule has 3 saturated heterocycles. The van der Waals surface area contributed by atoms with Crippen LogP contribution in [0.3, 0.4) is 0 Å². The average molecular weight is 256 g/mol. The molecule has 0 N–H and O–H groups in total. The van der Waals surface area contributed by atoms with Crippen LogP contribution in [0, 0.1) is 0 Å². The van der Waals surface area contributed by atoms with Crippen molar-refractivity contribution in [2.75, 3.05) is 12.3 Å². The maximum absolute atomic E-state index is 10.6. The maximum Gasteiger partial charge on any atom is 0.230 e. The molecule has 6 heteroatoms. The second-order valence-corrected chi connectivity index (χ2v) is 6.37. The van der Waals surface area contributed by atoms with Crippen LogP contribution in [0.15, 0.2) is 11.6 Å². The zero-order chi connectivity index (χ0) is 11.1. The van der Waals surface area contributed by atoms with E-state index in [1.54, 1.807) is 16.7 Å². The van der Waals surface area contributed by atoms with Crippen molar-refractivity contribution in [3.8, 4) is 0 Å². The van der Waals surface area contributed by atoms with E-state index in [2.05, 4.69) is 0 Å². The minimum absolute atomic E-state index is 0.260. The van der Waals surface area contributed by atoms with Gasteiger partial charge in [-0.05, 0) is 5.41 Å². The fourth-order valence-electron chi connectivity index (χ4n) is 2.02. The summed E-state index contributed by atoms with van der Waals surface area (Å²) in [6.45, 7) is 0.994. The number of β-lactam (4-membered cyclic amide) rings is 2. The number of hydrogen-bond donors (Lipinski definition) is 0. The second kappa shape index (κ2) is 4.00. The summed E-state index contributed by atoms with van der Waals surface area (Å²) in [6.07, 6.45) is 3.38. The van der Waals surface area contributed by atoms with Crippen LogP contribution < -0.4 is 0 Å². The first-order valence-electron chi connectivity index (χ1n) is 5.30. The third-order valence-corrected chi connectivity index (χ3v) is 5.28. The Morgan fingerprint density at radius 1 is 1.19 bits per heavy atom. The van der Waals surface area contributed by atoms with Crippen LogP contribution in [0.2, 0.25) is 0 Å². The Hall–Kier alpha value is -0.620. The minimum atomic E-state index is 0.260. The summed E-state index contributed by atoms with van der Waals surface area (Å²) in [5.74, 6) is 1.76. The first kappa shape index (κ1) is 10.5. The van der Waals surface area contributed by atoms with Gasteiger partial charge in [0, 0.05) is 18.5 Å². The van der Waals surface area contributed by atoms with E-state index in [-0.39, 0.29) is 5.91 Å². The molecule has 86 valence electrons. The van der Waals surface area contributed by atoms with E-state index in [0.29, 0.717) is 16.7 Å². The fraction of sp³-hybridized carbons (Fsp3) is 0.600. The van der Waals surface area contributed by atoms with Crippen molar-refractivity contribution in [2.45, 2.75) is 23.6 Å². The summed E-state index contributed by atoms with van der Waals surface area (Å²) >= 11 is 3.62. The SMILES string of the molecule is O=C1CC2SC=CN12.O=C1C[C@H]2SCCN12. The second-order valence-electron chi connectivity index (χ2n) is 4.00. The number of rotatable bonds is 0. The zero-order valence-electron chi connectivity index (χ0n) is 8.67. The van der Waals surface area contributed by atoms with Crippen molar-refractivity contribution in [2.24, 2.45) is 0 Å². The smallest absolute Gasteiger partial charge is 0.230 e. The summed E-state index contributed by atoms with van der Waals surface area (Å²) in [6, 6.07) is 0. The lowest BCUT2D eigenvalue weighted by atomic mass is 10.2. The maximum atomic E-state index is 10.6. The molecule has 4 aliphatic heterocycles. The molecule has 1 unspecified atom stereocenters. The third-order valence-electron chi connectivity index (χ3n) is 3.06. The lowest BCUT2D eigenvalue weighted by molar-refractivity contribution is -0.140. The molecule has 0 radical (unpaired) electrons. The lowest BCUT2D eigenvalue weighted by Crippen LogP contribution is -2.46. The Morgan fingerprint density at radius 3 is 2.50 bits per heavy atom. The van der Waals surface area contributed by atoms with Gasteiger partial charge in [-0.15, -0.1) is 23.5 Å². The van der Waals surface area contributed by atoms with Crippen molar-refractivity contribution in [1.82, 2.24) is 9.80 Å². The molecule has 2 amide bonds. The molecule has 0 bridgehead atoms. The Kier molecular flexibility index (Phi) is 2.63. The van der Waals surface area contributed by atoms with Gasteiger partial charge in [-0.3, -0.25) is 9.59 Å². The topological polar surface area (TPSA) is 40.6 Å². The Balaban J connectivity index is 0.000000101. The van der Waals surface area contributed by atoms with Crippen molar-refractivity contribution in [3.63, 3.8) is 0 Å². The van der Waals surface area contributed by atoms with Gasteiger partial charge in [-0.25, -0.2) is 0 Å². The van der Waals surface area contributed by atoms with Crippen molar-refractivity contribution < 1.29 is 9.59 Å². The van der Waals surface area contributed by atoms with E-state index in [9.17, 15) is 9.59 Å². The number of nitrogens with zero attached hydrogens (tertiary/aromatic N) is 2. The highest BCUT2D eigenvalue weighted by molar-refractivity contribution is 8.03. The summed E-state index contributed by atoms with van der Waals surface area (Å²) in [5.41, 5.74) is 0. The van der Waals surface area contributed by atoms with Crippen molar-refractivity contribution in [3.05, 3.63) is 11.6 Å². The van der Waals surface area contributed by atoms with Crippen molar-refractivity contribution in [1.29, 1.82) is 0 Å². The molecule has 0 aliphatic carbocycles. The molecule has 4 nitrogen and oxygen atoms in total. The molecule has 4 rings (SSSR count). The van der Waals surface area contributed by atoms with E-state index in [0.717, 1.165) is 25.1 Å². The minimum Gasteiger partial charge on any atom is -0.329 e. The molecular weight excluding hydrogens is 244 g/mol. The summed E-state index contributed by atoms with van der Waals surface area (Å²) in [5, 5.41) is 3.00. The molecule has 3 fully saturated rings. The quantitative estimate of drug-likeness (QED) is 0.608. The molecule has 4 aliphatic rings. The normalized spacial score (nSPS) is 33.8. The average Bonchev–Trinajstić information content (AvgIpc) is 2.81. The van der Waals surface area contributed by atoms with Gasteiger partial charge in [-0.2, -0.15) is 0 Å². The summed E-state index contributed by atoms with van der Waals surface area (Å²) < 4.78 is 0. The highest BCUT2D eigenvalue weighted by atomic mass is 32.2. The largest absolute Gasteiger partial charge is 0.329 e. The van der Waals surface area contributed by atoms with E-state index in [4.69, 9.17) is 0 Å². The van der Waals surface area contributed by atoms with Crippen LogP contribution in [0.1, 0.15) is 12.8 Å². The van der Waals surface area contributed by atoms with E-state index < -0.39 is 0 Å². The standard InChI is InChI=1S/C5H7NOS.C5H5NOS/c2*7-4-3-5-6(4)1-2-8-5/h5H,1-3H2;1-2,5H,3H2/t5-;/m1./s1. The third kappa shape index (κ3) is 1.64. The number of thioether (sulfide) groups is 2. The van der Waals surface area contributed by atoms with Gasteiger partial charge in [-0.1, -0.05) is 0 Å². The Labute approximate surface area is 102 Å². The van der Waals surface area contributed by atoms with Crippen LogP contribution >= 0.6 is 23.5 Å². The van der Waals surface area contributed by atoms with Crippen LogP contribution in [-0.4, -0.2) is 44.7 Å². The van der Waals surface area contributed by atoms with Crippen LogP contribution in [0.4, 0.5) is 0 Å². The highest BCUT2D eigenvalue weighted by Gasteiger charge is 2.39. The number of carbonyl (C=O) groups excluding carboxylic acids is 2. The lowest BCUT2D eigenvalue weighted by Gasteiger charge is -2.32. The fourth-order valence-corrected chi connectivity index (χ4v) is 4.19. The molecule has 0 saturated carbocycles. The van der Waals surface area contributed by atoms with Crippen molar-refractivity contribution >= 4 is 35.3 Å². The number of fused-ring (bicyclic) bond motifs is 2. The zero-order valence-corrected chi connectivity index (χ0v) is 10.3. The van der Waals surface area contributed by atoms with Gasteiger partial charge >= 0.3 is 0 Å².